The Kier molecular flexibility index (Phi) is 2.42. The van der Waals surface area contributed by atoms with Crippen LogP contribution in [0.15, 0.2) is 24.5 Å². The fourth-order valence-corrected chi connectivity index (χ4v) is 1.22. The van der Waals surface area contributed by atoms with Gasteiger partial charge in [-0.25, -0.2) is 13.8 Å². The first kappa shape index (κ1) is 9.72. The van der Waals surface area contributed by atoms with E-state index < -0.39 is 17.7 Å². The summed E-state index contributed by atoms with van der Waals surface area (Å²) in [4.78, 5) is 3.66. The third-order valence-electron chi connectivity index (χ3n) is 1.95. The van der Waals surface area contributed by atoms with Crippen molar-refractivity contribution >= 4 is 0 Å². The highest BCUT2D eigenvalue weighted by Gasteiger charge is 2.18. The van der Waals surface area contributed by atoms with Gasteiger partial charge in [0.2, 0.25) is 0 Å². The maximum Gasteiger partial charge on any atom is 0.157 e. The summed E-state index contributed by atoms with van der Waals surface area (Å²) in [7, 11) is 0. The number of aromatic amines is 1. The second-order valence-electron chi connectivity index (χ2n) is 2.94. The van der Waals surface area contributed by atoms with Gasteiger partial charge in [0, 0.05) is 5.56 Å². The van der Waals surface area contributed by atoms with Crippen molar-refractivity contribution in [2.45, 2.75) is 6.10 Å². The lowest BCUT2D eigenvalue weighted by Gasteiger charge is -2.08. The Bertz CT molecular complexity index is 458. The van der Waals surface area contributed by atoms with Crippen molar-refractivity contribution in [1.82, 2.24) is 15.2 Å². The molecular formula is C9H7F2N3O. The first-order chi connectivity index (χ1) is 7.18. The third kappa shape index (κ3) is 1.84. The van der Waals surface area contributed by atoms with Gasteiger partial charge in [0.1, 0.15) is 24.1 Å². The molecule has 1 aromatic heterocycles. The Hall–Kier alpha value is -1.82. The molecule has 0 saturated heterocycles. The van der Waals surface area contributed by atoms with Crippen molar-refractivity contribution in [3.8, 4) is 0 Å². The molecule has 6 heteroatoms. The van der Waals surface area contributed by atoms with Crippen LogP contribution in [-0.2, 0) is 0 Å². The van der Waals surface area contributed by atoms with Gasteiger partial charge in [-0.3, -0.25) is 5.10 Å². The van der Waals surface area contributed by atoms with Gasteiger partial charge in [-0.1, -0.05) is 0 Å². The maximum atomic E-state index is 13.2. The summed E-state index contributed by atoms with van der Waals surface area (Å²) in [6, 6.07) is 2.85. The molecular weight excluding hydrogens is 204 g/mol. The third-order valence-corrected chi connectivity index (χ3v) is 1.95. The summed E-state index contributed by atoms with van der Waals surface area (Å²) < 4.78 is 26.0. The molecule has 0 fully saturated rings. The van der Waals surface area contributed by atoms with Crippen LogP contribution in [0.1, 0.15) is 17.5 Å². The Morgan fingerprint density at radius 2 is 2.13 bits per heavy atom. The number of hydrogen-bond acceptors (Lipinski definition) is 3. The van der Waals surface area contributed by atoms with E-state index in [-0.39, 0.29) is 11.4 Å². The van der Waals surface area contributed by atoms with E-state index in [0.29, 0.717) is 0 Å². The molecule has 0 aliphatic heterocycles. The lowest BCUT2D eigenvalue weighted by molar-refractivity contribution is 0.204. The van der Waals surface area contributed by atoms with Crippen molar-refractivity contribution < 1.29 is 13.9 Å². The summed E-state index contributed by atoms with van der Waals surface area (Å²) in [5.74, 6) is -1.25. The normalized spacial score (nSPS) is 12.7. The van der Waals surface area contributed by atoms with E-state index in [1.165, 1.54) is 6.33 Å². The molecule has 1 heterocycles. The van der Waals surface area contributed by atoms with Crippen molar-refractivity contribution in [2.75, 3.05) is 0 Å². The topological polar surface area (TPSA) is 61.8 Å². The van der Waals surface area contributed by atoms with Gasteiger partial charge in [-0.2, -0.15) is 5.10 Å². The number of benzene rings is 1. The monoisotopic (exact) mass is 211 g/mol. The molecule has 2 rings (SSSR count). The first-order valence-electron chi connectivity index (χ1n) is 4.17. The Morgan fingerprint density at radius 1 is 1.33 bits per heavy atom. The van der Waals surface area contributed by atoms with Crippen LogP contribution in [0.4, 0.5) is 8.78 Å². The molecule has 1 unspecified atom stereocenters. The molecule has 0 spiro atoms. The number of rotatable bonds is 2. The number of H-pyrrole nitrogens is 1. The van der Waals surface area contributed by atoms with E-state index in [4.69, 9.17) is 0 Å². The molecule has 0 radical (unpaired) electrons. The van der Waals surface area contributed by atoms with E-state index in [9.17, 15) is 13.9 Å². The summed E-state index contributed by atoms with van der Waals surface area (Å²) in [5, 5.41) is 15.5. The Balaban J connectivity index is 2.41. The van der Waals surface area contributed by atoms with Crippen molar-refractivity contribution in [3.63, 3.8) is 0 Å². The zero-order chi connectivity index (χ0) is 10.8. The summed E-state index contributed by atoms with van der Waals surface area (Å²) in [6.45, 7) is 0. The molecule has 4 nitrogen and oxygen atoms in total. The van der Waals surface area contributed by atoms with E-state index >= 15 is 0 Å². The second kappa shape index (κ2) is 3.74. The fourth-order valence-electron chi connectivity index (χ4n) is 1.22. The van der Waals surface area contributed by atoms with Crippen molar-refractivity contribution in [2.24, 2.45) is 0 Å². The molecule has 1 aromatic carbocycles. The quantitative estimate of drug-likeness (QED) is 0.783. The highest BCUT2D eigenvalue weighted by molar-refractivity contribution is 5.24. The van der Waals surface area contributed by atoms with Gasteiger partial charge in [-0.15, -0.1) is 0 Å². The minimum absolute atomic E-state index is 0.0690. The number of halogens is 2. The van der Waals surface area contributed by atoms with Gasteiger partial charge < -0.3 is 5.11 Å². The molecule has 15 heavy (non-hydrogen) atoms. The van der Waals surface area contributed by atoms with Crippen LogP contribution in [0.3, 0.4) is 0 Å². The van der Waals surface area contributed by atoms with E-state index in [1.54, 1.807) is 0 Å². The average Bonchev–Trinajstić information content (AvgIpc) is 2.74. The standard InChI is InChI=1S/C9H7F2N3O/c10-5-1-2-7(11)6(3-5)8(15)9-12-4-13-14-9/h1-4,8,15H,(H,12,13,14). The lowest BCUT2D eigenvalue weighted by atomic mass is 10.1. The molecule has 0 saturated carbocycles. The van der Waals surface area contributed by atoms with Crippen LogP contribution in [0.25, 0.3) is 0 Å². The molecule has 78 valence electrons. The molecule has 0 aliphatic carbocycles. The van der Waals surface area contributed by atoms with Gasteiger partial charge >= 0.3 is 0 Å². The maximum absolute atomic E-state index is 13.2. The smallest absolute Gasteiger partial charge is 0.157 e. The molecule has 0 aliphatic rings. The lowest BCUT2D eigenvalue weighted by Crippen LogP contribution is -2.05. The summed E-state index contributed by atoms with van der Waals surface area (Å²) >= 11 is 0. The van der Waals surface area contributed by atoms with Crippen LogP contribution in [0.2, 0.25) is 0 Å². The predicted octanol–water partition coefficient (Wildman–Crippen LogP) is 1.16. The summed E-state index contributed by atoms with van der Waals surface area (Å²) in [6.07, 6.45) is -0.168. The Labute approximate surface area is 83.6 Å². The van der Waals surface area contributed by atoms with Gasteiger partial charge in [0.15, 0.2) is 5.82 Å². The van der Waals surface area contributed by atoms with E-state index in [0.717, 1.165) is 18.2 Å². The molecule has 2 N–H and O–H groups in total. The number of nitrogens with one attached hydrogen (secondary N) is 1. The number of nitrogens with zero attached hydrogens (tertiary/aromatic N) is 2. The molecule has 0 bridgehead atoms. The van der Waals surface area contributed by atoms with Gasteiger partial charge in [0.25, 0.3) is 0 Å². The van der Waals surface area contributed by atoms with Crippen LogP contribution in [0.5, 0.6) is 0 Å². The van der Waals surface area contributed by atoms with Crippen molar-refractivity contribution in [3.05, 3.63) is 47.5 Å². The zero-order valence-corrected chi connectivity index (χ0v) is 7.48. The average molecular weight is 211 g/mol. The summed E-state index contributed by atoms with van der Waals surface area (Å²) in [5.41, 5.74) is -0.174. The van der Waals surface area contributed by atoms with Crippen LogP contribution < -0.4 is 0 Å². The number of aliphatic hydroxyl groups is 1. The van der Waals surface area contributed by atoms with Gasteiger partial charge in [-0.05, 0) is 18.2 Å². The van der Waals surface area contributed by atoms with E-state index in [1.807, 2.05) is 0 Å². The highest BCUT2D eigenvalue weighted by Crippen LogP contribution is 2.21. The predicted molar refractivity (Wildman–Crippen MR) is 46.8 cm³/mol. The van der Waals surface area contributed by atoms with Crippen LogP contribution in [0, 0.1) is 11.6 Å². The minimum Gasteiger partial charge on any atom is -0.380 e. The molecule has 0 amide bonds. The SMILES string of the molecule is OC(c1ncn[nH]1)c1cc(F)ccc1F. The number of hydrogen-bond donors (Lipinski definition) is 2. The highest BCUT2D eigenvalue weighted by atomic mass is 19.1. The largest absolute Gasteiger partial charge is 0.380 e. The minimum atomic E-state index is -1.34. The van der Waals surface area contributed by atoms with Crippen LogP contribution in [-0.4, -0.2) is 20.3 Å². The van der Waals surface area contributed by atoms with E-state index in [2.05, 4.69) is 15.2 Å². The number of aromatic nitrogens is 3. The fraction of sp³-hybridized carbons (Fsp3) is 0.111. The second-order valence-corrected chi connectivity index (χ2v) is 2.94. The van der Waals surface area contributed by atoms with Crippen LogP contribution >= 0.6 is 0 Å². The first-order valence-corrected chi connectivity index (χ1v) is 4.17. The molecule has 2 aromatic rings. The molecule has 1 atom stereocenters. The zero-order valence-electron chi connectivity index (χ0n) is 7.48. The van der Waals surface area contributed by atoms with Gasteiger partial charge in [0.05, 0.1) is 0 Å². The number of aliphatic hydroxyl groups excluding tert-OH is 1. The van der Waals surface area contributed by atoms with Crippen molar-refractivity contribution in [1.29, 1.82) is 0 Å². The Morgan fingerprint density at radius 3 is 2.80 bits per heavy atom.